The molecular weight excluding hydrogens is 274 g/mol. The van der Waals surface area contributed by atoms with E-state index >= 15 is 0 Å². The van der Waals surface area contributed by atoms with E-state index in [4.69, 9.17) is 0 Å². The van der Waals surface area contributed by atoms with Crippen LogP contribution >= 0.6 is 0 Å². The molecule has 1 heterocycles. The van der Waals surface area contributed by atoms with Gasteiger partial charge in [0.05, 0.1) is 5.56 Å². The molecule has 4 nitrogen and oxygen atoms in total. The van der Waals surface area contributed by atoms with Gasteiger partial charge in [0.15, 0.2) is 0 Å². The molecule has 4 heteroatoms. The van der Waals surface area contributed by atoms with Gasteiger partial charge in [-0.15, -0.1) is 0 Å². The maximum absolute atomic E-state index is 12.1. The van der Waals surface area contributed by atoms with Crippen molar-refractivity contribution >= 4 is 11.6 Å². The Morgan fingerprint density at radius 2 is 1.86 bits per heavy atom. The second-order valence-electron chi connectivity index (χ2n) is 7.58. The molecule has 4 aliphatic rings. The van der Waals surface area contributed by atoms with Crippen molar-refractivity contribution in [3.8, 4) is 0 Å². The van der Waals surface area contributed by atoms with Crippen LogP contribution in [-0.2, 0) is 0 Å². The van der Waals surface area contributed by atoms with Crippen LogP contribution in [0.15, 0.2) is 29.6 Å². The predicted octanol–water partition coefficient (Wildman–Crippen LogP) is 3.40. The summed E-state index contributed by atoms with van der Waals surface area (Å²) in [5, 5.41) is 4.48. The highest BCUT2D eigenvalue weighted by Crippen LogP contribution is 2.60. The fourth-order valence-electron chi connectivity index (χ4n) is 5.37. The van der Waals surface area contributed by atoms with Crippen LogP contribution in [0.1, 0.15) is 55.8 Å². The van der Waals surface area contributed by atoms with Crippen molar-refractivity contribution in [1.29, 1.82) is 0 Å². The third-order valence-corrected chi connectivity index (χ3v) is 6.05. The Kier molecular flexibility index (Phi) is 3.28. The van der Waals surface area contributed by atoms with Crippen LogP contribution in [0.25, 0.3) is 0 Å². The first-order valence-corrected chi connectivity index (χ1v) is 8.40. The lowest BCUT2D eigenvalue weighted by Gasteiger charge is -2.56. The quantitative estimate of drug-likeness (QED) is 0.686. The first-order valence-electron chi connectivity index (χ1n) is 8.40. The van der Waals surface area contributed by atoms with Gasteiger partial charge in [-0.2, -0.15) is 5.10 Å². The number of aromatic nitrogens is 1. The van der Waals surface area contributed by atoms with Crippen molar-refractivity contribution in [3.05, 3.63) is 30.1 Å². The van der Waals surface area contributed by atoms with Gasteiger partial charge in [-0.3, -0.25) is 9.78 Å². The number of nitrogens with one attached hydrogen (secondary N) is 1. The average Bonchev–Trinajstić information content (AvgIpc) is 2.51. The Labute approximate surface area is 131 Å². The van der Waals surface area contributed by atoms with E-state index in [0.29, 0.717) is 5.56 Å². The summed E-state index contributed by atoms with van der Waals surface area (Å²) in [4.78, 5) is 16.1. The van der Waals surface area contributed by atoms with Gasteiger partial charge in [-0.1, -0.05) is 0 Å². The molecule has 1 amide bonds. The topological polar surface area (TPSA) is 54.4 Å². The summed E-state index contributed by atoms with van der Waals surface area (Å²) in [5.74, 6) is 2.51. The molecule has 4 saturated carbocycles. The van der Waals surface area contributed by atoms with Crippen molar-refractivity contribution in [2.45, 2.75) is 45.4 Å². The van der Waals surface area contributed by atoms with E-state index in [0.717, 1.165) is 23.5 Å². The second-order valence-corrected chi connectivity index (χ2v) is 7.58. The summed E-state index contributed by atoms with van der Waals surface area (Å²) >= 11 is 0. The van der Waals surface area contributed by atoms with Crippen molar-refractivity contribution in [2.24, 2.45) is 28.3 Å². The number of hydrogen-bond acceptors (Lipinski definition) is 3. The van der Waals surface area contributed by atoms with E-state index in [9.17, 15) is 4.79 Å². The number of carbonyl (C=O) groups is 1. The number of nitrogens with zero attached hydrogens (tertiary/aromatic N) is 2. The molecule has 0 spiro atoms. The van der Waals surface area contributed by atoms with Crippen LogP contribution in [-0.4, -0.2) is 16.6 Å². The predicted molar refractivity (Wildman–Crippen MR) is 85.4 cm³/mol. The molecule has 0 saturated heterocycles. The zero-order valence-electron chi connectivity index (χ0n) is 13.1. The molecule has 0 atom stereocenters. The van der Waals surface area contributed by atoms with Gasteiger partial charge in [-0.05, 0) is 75.3 Å². The fourth-order valence-corrected chi connectivity index (χ4v) is 5.37. The van der Waals surface area contributed by atoms with Gasteiger partial charge in [-0.25, -0.2) is 5.43 Å². The summed E-state index contributed by atoms with van der Waals surface area (Å²) in [6.45, 7) is 2.11. The van der Waals surface area contributed by atoms with Crippen LogP contribution in [0.4, 0.5) is 0 Å². The first-order chi connectivity index (χ1) is 10.6. The lowest BCUT2D eigenvalue weighted by Crippen LogP contribution is -2.49. The molecule has 0 aliphatic heterocycles. The summed E-state index contributed by atoms with van der Waals surface area (Å²) in [5.41, 5.74) is 4.68. The van der Waals surface area contributed by atoms with Crippen LogP contribution in [0, 0.1) is 23.2 Å². The molecule has 4 aliphatic carbocycles. The number of pyridine rings is 1. The molecule has 1 aromatic rings. The standard InChI is InChI=1S/C18H23N3O/c1-12(20-21-17(22)16-3-2-4-19-11-16)18-8-13-5-14(9-18)7-15(6-13)10-18/h2-4,11,13-15H,5-10H2,1H3,(H,21,22)/b20-12+. The second kappa shape index (κ2) is 5.18. The molecule has 116 valence electrons. The highest BCUT2D eigenvalue weighted by Gasteiger charge is 2.52. The lowest BCUT2D eigenvalue weighted by atomic mass is 9.48. The molecule has 1 N–H and O–H groups in total. The van der Waals surface area contributed by atoms with Crippen LogP contribution in [0.5, 0.6) is 0 Å². The zero-order chi connectivity index (χ0) is 15.2. The van der Waals surface area contributed by atoms with E-state index < -0.39 is 0 Å². The van der Waals surface area contributed by atoms with E-state index in [1.165, 1.54) is 38.5 Å². The SMILES string of the molecule is C/C(=N\NC(=O)c1cccnc1)C12CC3CC(CC(C3)C1)C2. The Hall–Kier alpha value is -1.71. The Morgan fingerprint density at radius 3 is 2.41 bits per heavy atom. The van der Waals surface area contributed by atoms with Crippen molar-refractivity contribution in [1.82, 2.24) is 10.4 Å². The highest BCUT2D eigenvalue weighted by molar-refractivity contribution is 5.95. The number of hydrazone groups is 1. The summed E-state index contributed by atoms with van der Waals surface area (Å²) in [6.07, 6.45) is 11.3. The summed E-state index contributed by atoms with van der Waals surface area (Å²) < 4.78 is 0. The largest absolute Gasteiger partial charge is 0.272 e. The lowest BCUT2D eigenvalue weighted by molar-refractivity contribution is -0.0128. The minimum atomic E-state index is -0.169. The minimum Gasteiger partial charge on any atom is -0.267 e. The van der Waals surface area contributed by atoms with Gasteiger partial charge >= 0.3 is 0 Å². The Morgan fingerprint density at radius 1 is 1.23 bits per heavy atom. The first kappa shape index (κ1) is 13.9. The maximum atomic E-state index is 12.1. The third-order valence-electron chi connectivity index (χ3n) is 6.05. The molecule has 0 aromatic carbocycles. The van der Waals surface area contributed by atoms with Crippen LogP contribution < -0.4 is 5.43 Å². The van der Waals surface area contributed by atoms with Gasteiger partial charge < -0.3 is 0 Å². The van der Waals surface area contributed by atoms with E-state index in [2.05, 4.69) is 22.4 Å². The molecule has 4 fully saturated rings. The van der Waals surface area contributed by atoms with Gasteiger partial charge in [0.2, 0.25) is 0 Å². The number of amides is 1. The van der Waals surface area contributed by atoms with Gasteiger partial charge in [0, 0.05) is 23.5 Å². The molecule has 5 rings (SSSR count). The smallest absolute Gasteiger partial charge is 0.267 e. The fraction of sp³-hybridized carbons (Fsp3) is 0.611. The van der Waals surface area contributed by atoms with E-state index in [-0.39, 0.29) is 11.3 Å². The Bertz CT molecular complexity index is 573. The molecule has 1 aromatic heterocycles. The maximum Gasteiger partial charge on any atom is 0.272 e. The van der Waals surface area contributed by atoms with E-state index in [1.807, 2.05) is 0 Å². The monoisotopic (exact) mass is 297 g/mol. The normalized spacial score (nSPS) is 36.4. The highest BCUT2D eigenvalue weighted by atomic mass is 16.2. The number of rotatable bonds is 3. The number of hydrogen-bond donors (Lipinski definition) is 1. The van der Waals surface area contributed by atoms with E-state index in [1.54, 1.807) is 24.5 Å². The third kappa shape index (κ3) is 2.34. The molecular formula is C18H23N3O. The summed E-state index contributed by atoms with van der Waals surface area (Å²) in [6, 6.07) is 3.53. The van der Waals surface area contributed by atoms with Gasteiger partial charge in [0.25, 0.3) is 5.91 Å². The molecule has 0 unspecified atom stereocenters. The molecule has 0 radical (unpaired) electrons. The molecule has 4 bridgehead atoms. The van der Waals surface area contributed by atoms with Crippen LogP contribution in [0.3, 0.4) is 0 Å². The Balaban J connectivity index is 1.49. The average molecular weight is 297 g/mol. The minimum absolute atomic E-state index is 0.169. The summed E-state index contributed by atoms with van der Waals surface area (Å²) in [7, 11) is 0. The van der Waals surface area contributed by atoms with Gasteiger partial charge in [0.1, 0.15) is 0 Å². The van der Waals surface area contributed by atoms with Crippen molar-refractivity contribution in [3.63, 3.8) is 0 Å². The van der Waals surface area contributed by atoms with Crippen LogP contribution in [0.2, 0.25) is 0 Å². The van der Waals surface area contributed by atoms with Crippen molar-refractivity contribution in [2.75, 3.05) is 0 Å². The number of carbonyl (C=O) groups excluding carboxylic acids is 1. The zero-order valence-corrected chi connectivity index (χ0v) is 13.1. The van der Waals surface area contributed by atoms with Crippen molar-refractivity contribution < 1.29 is 4.79 Å². The molecule has 22 heavy (non-hydrogen) atoms.